The average Bonchev–Trinajstić information content (AvgIpc) is 2.47. The fourth-order valence-corrected chi connectivity index (χ4v) is 1.53. The molecule has 21 heavy (non-hydrogen) atoms. The Labute approximate surface area is 122 Å². The Balaban J connectivity index is 2.65. The second-order valence-corrected chi connectivity index (χ2v) is 4.69. The van der Waals surface area contributed by atoms with Gasteiger partial charge in [-0.05, 0) is 24.3 Å². The van der Waals surface area contributed by atoms with Gasteiger partial charge in [0, 0.05) is 24.3 Å². The smallest absolute Gasteiger partial charge is 0.318 e. The summed E-state index contributed by atoms with van der Waals surface area (Å²) in [5.41, 5.74) is 1.12. The first-order valence-corrected chi connectivity index (χ1v) is 6.47. The number of anilines is 2. The van der Waals surface area contributed by atoms with Crippen LogP contribution < -0.4 is 16.0 Å². The lowest BCUT2D eigenvalue weighted by molar-refractivity contribution is -0.145. The molecule has 0 radical (unpaired) electrons. The molecule has 0 saturated carbocycles. The summed E-state index contributed by atoms with van der Waals surface area (Å²) in [7, 11) is 1.51. The Morgan fingerprint density at radius 2 is 1.43 bits per heavy atom. The van der Waals surface area contributed by atoms with E-state index < -0.39 is 17.8 Å². The van der Waals surface area contributed by atoms with E-state index in [4.69, 9.17) is 5.11 Å². The van der Waals surface area contributed by atoms with Gasteiger partial charge in [-0.25, -0.2) is 4.79 Å². The fourth-order valence-electron chi connectivity index (χ4n) is 1.53. The normalized spacial score (nSPS) is 12.9. The summed E-state index contributed by atoms with van der Waals surface area (Å²) in [6, 6.07) is 6.19. The predicted molar refractivity (Wildman–Crippen MR) is 79.1 cm³/mol. The van der Waals surface area contributed by atoms with Crippen LogP contribution in [-0.2, 0) is 9.59 Å². The van der Waals surface area contributed by atoms with Gasteiger partial charge >= 0.3 is 12.0 Å². The van der Waals surface area contributed by atoms with Gasteiger partial charge in [-0.3, -0.25) is 9.59 Å². The van der Waals surface area contributed by atoms with Crippen LogP contribution in [-0.4, -0.2) is 30.1 Å². The van der Waals surface area contributed by atoms with E-state index in [0.717, 1.165) is 0 Å². The van der Waals surface area contributed by atoms with Gasteiger partial charge in [0.15, 0.2) is 0 Å². The molecule has 7 heteroatoms. The van der Waals surface area contributed by atoms with Crippen molar-refractivity contribution in [3.8, 4) is 0 Å². The summed E-state index contributed by atoms with van der Waals surface area (Å²) in [5, 5.41) is 16.5. The number of urea groups is 1. The van der Waals surface area contributed by atoms with Crippen LogP contribution >= 0.6 is 0 Å². The molecule has 1 aromatic carbocycles. The number of aliphatic carboxylic acids is 1. The SMILES string of the molecule is CNC(=O)Nc1ccc(NC(=O)C(C)C(C)C(=O)O)cc1. The Kier molecular flexibility index (Phi) is 5.71. The van der Waals surface area contributed by atoms with Gasteiger partial charge in [-0.15, -0.1) is 0 Å². The summed E-state index contributed by atoms with van der Waals surface area (Å²) >= 11 is 0. The molecule has 0 spiro atoms. The first-order chi connectivity index (χ1) is 9.85. The monoisotopic (exact) mass is 293 g/mol. The molecule has 3 amide bonds. The molecule has 1 rings (SSSR count). The molecule has 0 saturated heterocycles. The van der Waals surface area contributed by atoms with Crippen LogP contribution in [0.4, 0.5) is 16.2 Å². The van der Waals surface area contributed by atoms with Gasteiger partial charge in [0.1, 0.15) is 0 Å². The van der Waals surface area contributed by atoms with Crippen molar-refractivity contribution < 1.29 is 19.5 Å². The zero-order valence-electron chi connectivity index (χ0n) is 12.1. The van der Waals surface area contributed by atoms with Crippen LogP contribution in [0, 0.1) is 11.8 Å². The number of carboxylic acid groups (broad SMARTS) is 1. The van der Waals surface area contributed by atoms with E-state index >= 15 is 0 Å². The molecule has 2 atom stereocenters. The zero-order valence-corrected chi connectivity index (χ0v) is 12.1. The Morgan fingerprint density at radius 1 is 0.952 bits per heavy atom. The third kappa shape index (κ3) is 4.79. The first-order valence-electron chi connectivity index (χ1n) is 6.47. The molecular formula is C14H19N3O4. The van der Waals surface area contributed by atoms with Crippen LogP contribution in [0.2, 0.25) is 0 Å². The van der Waals surface area contributed by atoms with E-state index in [9.17, 15) is 14.4 Å². The Morgan fingerprint density at radius 3 is 1.86 bits per heavy atom. The molecule has 0 aliphatic carbocycles. The fraction of sp³-hybridized carbons (Fsp3) is 0.357. The first kappa shape index (κ1) is 16.5. The van der Waals surface area contributed by atoms with Crippen LogP contribution in [0.15, 0.2) is 24.3 Å². The zero-order chi connectivity index (χ0) is 16.0. The number of carbonyl (C=O) groups is 3. The highest BCUT2D eigenvalue weighted by atomic mass is 16.4. The van der Waals surface area contributed by atoms with E-state index in [1.165, 1.54) is 14.0 Å². The lowest BCUT2D eigenvalue weighted by Gasteiger charge is -2.16. The quantitative estimate of drug-likeness (QED) is 0.663. The molecule has 0 bridgehead atoms. The standard InChI is InChI=1S/C14H19N3O4/c1-8(9(2)13(19)20)12(18)16-10-4-6-11(7-5-10)17-14(21)15-3/h4-9H,1-3H3,(H,16,18)(H,19,20)(H2,15,17,21). The van der Waals surface area contributed by atoms with Crippen molar-refractivity contribution in [2.45, 2.75) is 13.8 Å². The molecule has 7 nitrogen and oxygen atoms in total. The minimum atomic E-state index is -1.01. The molecule has 0 fully saturated rings. The van der Waals surface area contributed by atoms with E-state index in [2.05, 4.69) is 16.0 Å². The molecule has 114 valence electrons. The molecule has 0 aromatic heterocycles. The number of amides is 3. The number of carbonyl (C=O) groups excluding carboxylic acids is 2. The minimum absolute atomic E-state index is 0.337. The summed E-state index contributed by atoms with van der Waals surface area (Å²) in [4.78, 5) is 33.9. The maximum absolute atomic E-state index is 11.9. The van der Waals surface area contributed by atoms with Crippen LogP contribution in [0.3, 0.4) is 0 Å². The summed E-state index contributed by atoms with van der Waals surface area (Å²) in [6.45, 7) is 3.05. The van der Waals surface area contributed by atoms with E-state index in [-0.39, 0.29) is 11.9 Å². The second kappa shape index (κ2) is 7.28. The third-order valence-corrected chi connectivity index (χ3v) is 3.19. The van der Waals surface area contributed by atoms with E-state index in [0.29, 0.717) is 11.4 Å². The van der Waals surface area contributed by atoms with Crippen LogP contribution in [0.1, 0.15) is 13.8 Å². The van der Waals surface area contributed by atoms with Gasteiger partial charge in [-0.2, -0.15) is 0 Å². The summed E-state index contributed by atoms with van der Waals surface area (Å²) < 4.78 is 0. The highest BCUT2D eigenvalue weighted by Crippen LogP contribution is 2.17. The molecule has 1 aromatic rings. The average molecular weight is 293 g/mol. The van der Waals surface area contributed by atoms with Gasteiger partial charge in [0.25, 0.3) is 0 Å². The number of nitrogens with one attached hydrogen (secondary N) is 3. The van der Waals surface area contributed by atoms with Gasteiger partial charge in [0.2, 0.25) is 5.91 Å². The van der Waals surface area contributed by atoms with Crippen molar-refractivity contribution in [2.24, 2.45) is 11.8 Å². The molecule has 2 unspecified atom stereocenters. The van der Waals surface area contributed by atoms with E-state index in [1.807, 2.05) is 0 Å². The second-order valence-electron chi connectivity index (χ2n) is 4.69. The maximum atomic E-state index is 11.9. The van der Waals surface area contributed by atoms with Crippen molar-refractivity contribution >= 4 is 29.3 Å². The Bertz CT molecular complexity index is 528. The van der Waals surface area contributed by atoms with Gasteiger partial charge < -0.3 is 21.1 Å². The predicted octanol–water partition coefficient (Wildman–Crippen LogP) is 1.73. The van der Waals surface area contributed by atoms with E-state index in [1.54, 1.807) is 31.2 Å². The minimum Gasteiger partial charge on any atom is -0.481 e. The molecule has 4 N–H and O–H groups in total. The maximum Gasteiger partial charge on any atom is 0.318 e. The number of carboxylic acids is 1. The molecule has 0 heterocycles. The Hall–Kier alpha value is -2.57. The number of hydrogen-bond acceptors (Lipinski definition) is 3. The number of hydrogen-bond donors (Lipinski definition) is 4. The number of rotatable bonds is 5. The van der Waals surface area contributed by atoms with Gasteiger partial charge in [-0.1, -0.05) is 13.8 Å². The van der Waals surface area contributed by atoms with Crippen LogP contribution in [0.5, 0.6) is 0 Å². The molecular weight excluding hydrogens is 274 g/mol. The largest absolute Gasteiger partial charge is 0.481 e. The lowest BCUT2D eigenvalue weighted by atomic mass is 9.95. The molecule has 0 aliphatic rings. The number of benzene rings is 1. The van der Waals surface area contributed by atoms with Crippen molar-refractivity contribution in [1.29, 1.82) is 0 Å². The van der Waals surface area contributed by atoms with Crippen molar-refractivity contribution in [1.82, 2.24) is 5.32 Å². The third-order valence-electron chi connectivity index (χ3n) is 3.19. The van der Waals surface area contributed by atoms with Crippen LogP contribution in [0.25, 0.3) is 0 Å². The highest BCUT2D eigenvalue weighted by Gasteiger charge is 2.25. The summed E-state index contributed by atoms with van der Waals surface area (Å²) in [6.07, 6.45) is 0. The van der Waals surface area contributed by atoms with Gasteiger partial charge in [0.05, 0.1) is 5.92 Å². The lowest BCUT2D eigenvalue weighted by Crippen LogP contribution is -2.30. The topological polar surface area (TPSA) is 108 Å². The molecule has 0 aliphatic heterocycles. The van der Waals surface area contributed by atoms with Crippen molar-refractivity contribution in [3.05, 3.63) is 24.3 Å². The van der Waals surface area contributed by atoms with Crippen molar-refractivity contribution in [3.63, 3.8) is 0 Å². The highest BCUT2D eigenvalue weighted by molar-refractivity contribution is 5.95. The van der Waals surface area contributed by atoms with Crippen molar-refractivity contribution in [2.75, 3.05) is 17.7 Å². The summed E-state index contributed by atoms with van der Waals surface area (Å²) in [5.74, 6) is -2.79.